The van der Waals surface area contributed by atoms with E-state index in [0.29, 0.717) is 6.04 Å². The third-order valence-corrected chi connectivity index (χ3v) is 2.19. The van der Waals surface area contributed by atoms with Crippen LogP contribution in [0.1, 0.15) is 33.3 Å². The van der Waals surface area contributed by atoms with Crippen molar-refractivity contribution in [3.05, 3.63) is 24.0 Å². The third-order valence-electron chi connectivity index (χ3n) is 2.19. The zero-order valence-corrected chi connectivity index (χ0v) is 10.8. The molecule has 2 N–H and O–H groups in total. The lowest BCUT2D eigenvalue weighted by molar-refractivity contribution is 0.898. The fraction of sp³-hybridized carbons (Fsp3) is 0.462. The van der Waals surface area contributed by atoms with Gasteiger partial charge in [0.2, 0.25) is 0 Å². The summed E-state index contributed by atoms with van der Waals surface area (Å²) in [7, 11) is 0. The van der Waals surface area contributed by atoms with E-state index in [1.165, 1.54) is 10.9 Å². The van der Waals surface area contributed by atoms with E-state index < -0.39 is 0 Å². The average Bonchev–Trinajstić information content (AvgIpc) is 2.63. The molecule has 2 aromatic heterocycles. The van der Waals surface area contributed by atoms with E-state index in [9.17, 15) is 0 Å². The highest BCUT2D eigenvalue weighted by Crippen LogP contribution is 2.19. The molecule has 3 nitrogen and oxygen atoms in total. The van der Waals surface area contributed by atoms with Crippen molar-refractivity contribution in [2.24, 2.45) is 0 Å². The number of fused-ring (bicyclic) bond motifs is 1. The van der Waals surface area contributed by atoms with Gasteiger partial charge in [-0.1, -0.05) is 13.8 Å². The van der Waals surface area contributed by atoms with E-state index in [0.717, 1.165) is 11.3 Å². The second kappa shape index (κ2) is 5.54. The standard InChI is InChI=1S/C11H15N3.C2H6/c1-7(2)14-9-4-10-8(3)5-12-11(10)13-6-9;1-2/h4-7,14H,1-3H3,(H,12,13);1-2H3. The lowest BCUT2D eigenvalue weighted by Crippen LogP contribution is -2.09. The van der Waals surface area contributed by atoms with Gasteiger partial charge in [0.25, 0.3) is 0 Å². The molecule has 0 amide bonds. The minimum atomic E-state index is 0.438. The minimum Gasteiger partial charge on any atom is -0.382 e. The fourth-order valence-corrected chi connectivity index (χ4v) is 1.55. The van der Waals surface area contributed by atoms with E-state index in [1.807, 2.05) is 26.2 Å². The van der Waals surface area contributed by atoms with Crippen molar-refractivity contribution < 1.29 is 0 Å². The summed E-state index contributed by atoms with van der Waals surface area (Å²) in [5, 5.41) is 4.53. The van der Waals surface area contributed by atoms with E-state index >= 15 is 0 Å². The number of aromatic nitrogens is 2. The normalized spacial score (nSPS) is 10.1. The van der Waals surface area contributed by atoms with Gasteiger partial charge in [-0.3, -0.25) is 0 Å². The summed E-state index contributed by atoms with van der Waals surface area (Å²) >= 11 is 0. The maximum Gasteiger partial charge on any atom is 0.137 e. The lowest BCUT2D eigenvalue weighted by Gasteiger charge is -2.09. The first-order valence-electron chi connectivity index (χ1n) is 5.87. The second-order valence-corrected chi connectivity index (χ2v) is 3.89. The van der Waals surface area contributed by atoms with E-state index in [-0.39, 0.29) is 0 Å². The number of hydrogen-bond acceptors (Lipinski definition) is 2. The Morgan fingerprint density at radius 1 is 1.31 bits per heavy atom. The molecule has 0 unspecified atom stereocenters. The summed E-state index contributed by atoms with van der Waals surface area (Å²) in [6.45, 7) is 10.3. The molecule has 0 aliphatic heterocycles. The Morgan fingerprint density at radius 2 is 2.00 bits per heavy atom. The van der Waals surface area contributed by atoms with Gasteiger partial charge in [-0.2, -0.15) is 0 Å². The SMILES string of the molecule is CC.Cc1c[nH]c2ncc(NC(C)C)cc12. The molecule has 0 aromatic carbocycles. The summed E-state index contributed by atoms with van der Waals surface area (Å²) < 4.78 is 0. The van der Waals surface area contributed by atoms with Crippen LogP contribution >= 0.6 is 0 Å². The lowest BCUT2D eigenvalue weighted by atomic mass is 10.2. The first-order valence-corrected chi connectivity index (χ1v) is 5.87. The maximum atomic E-state index is 4.34. The summed E-state index contributed by atoms with van der Waals surface area (Å²) in [4.78, 5) is 7.47. The first kappa shape index (κ1) is 12.6. The van der Waals surface area contributed by atoms with Crippen molar-refractivity contribution in [1.29, 1.82) is 0 Å². The predicted molar refractivity (Wildman–Crippen MR) is 70.9 cm³/mol. The van der Waals surface area contributed by atoms with Gasteiger partial charge in [0, 0.05) is 17.6 Å². The van der Waals surface area contributed by atoms with Crippen molar-refractivity contribution in [3.63, 3.8) is 0 Å². The largest absolute Gasteiger partial charge is 0.382 e. The second-order valence-electron chi connectivity index (χ2n) is 3.89. The Balaban J connectivity index is 0.000000606. The van der Waals surface area contributed by atoms with Gasteiger partial charge in [-0.15, -0.1) is 0 Å². The number of nitrogens with zero attached hydrogens (tertiary/aromatic N) is 1. The van der Waals surface area contributed by atoms with Crippen molar-refractivity contribution >= 4 is 16.7 Å². The summed E-state index contributed by atoms with van der Waals surface area (Å²) in [6, 6.07) is 2.57. The zero-order valence-electron chi connectivity index (χ0n) is 10.8. The summed E-state index contributed by atoms with van der Waals surface area (Å²) in [5.41, 5.74) is 3.27. The monoisotopic (exact) mass is 219 g/mol. The summed E-state index contributed by atoms with van der Waals surface area (Å²) in [5.74, 6) is 0. The van der Waals surface area contributed by atoms with E-state index in [4.69, 9.17) is 0 Å². The van der Waals surface area contributed by atoms with Crippen LogP contribution in [0.5, 0.6) is 0 Å². The Labute approximate surface area is 97.3 Å². The average molecular weight is 219 g/mol. The van der Waals surface area contributed by atoms with Crippen LogP contribution in [-0.4, -0.2) is 16.0 Å². The molecule has 88 valence electrons. The highest BCUT2D eigenvalue weighted by atomic mass is 14.9. The quantitative estimate of drug-likeness (QED) is 0.808. The van der Waals surface area contributed by atoms with Gasteiger partial charge >= 0.3 is 0 Å². The molecule has 0 fully saturated rings. The van der Waals surface area contributed by atoms with Gasteiger partial charge in [0.1, 0.15) is 5.65 Å². The van der Waals surface area contributed by atoms with Crippen molar-refractivity contribution in [3.8, 4) is 0 Å². The first-order chi connectivity index (χ1) is 7.66. The number of nitrogens with one attached hydrogen (secondary N) is 2. The van der Waals surface area contributed by atoms with Crippen LogP contribution in [-0.2, 0) is 0 Å². The Bertz CT molecular complexity index is 443. The Kier molecular flexibility index (Phi) is 4.35. The predicted octanol–water partition coefficient (Wildman–Crippen LogP) is 3.72. The van der Waals surface area contributed by atoms with Crippen LogP contribution in [0.2, 0.25) is 0 Å². The van der Waals surface area contributed by atoms with Gasteiger partial charge in [-0.25, -0.2) is 4.98 Å². The number of rotatable bonds is 2. The van der Waals surface area contributed by atoms with Crippen molar-refractivity contribution in [2.75, 3.05) is 5.32 Å². The molecule has 3 heteroatoms. The Hall–Kier alpha value is -1.51. The molecule has 0 radical (unpaired) electrons. The van der Waals surface area contributed by atoms with Crippen LogP contribution in [0.25, 0.3) is 11.0 Å². The maximum absolute atomic E-state index is 4.34. The molecule has 0 aliphatic rings. The molecule has 0 aliphatic carbocycles. The van der Waals surface area contributed by atoms with Gasteiger partial charge < -0.3 is 10.3 Å². The van der Waals surface area contributed by atoms with Crippen molar-refractivity contribution in [2.45, 2.75) is 40.7 Å². The zero-order chi connectivity index (χ0) is 12.1. The van der Waals surface area contributed by atoms with Gasteiger partial charge in [0.15, 0.2) is 0 Å². The van der Waals surface area contributed by atoms with Gasteiger partial charge in [0.05, 0.1) is 11.9 Å². The number of aryl methyl sites for hydroxylation is 1. The molecular weight excluding hydrogens is 198 g/mol. The fourth-order valence-electron chi connectivity index (χ4n) is 1.55. The van der Waals surface area contributed by atoms with E-state index in [1.54, 1.807) is 0 Å². The molecule has 0 saturated carbocycles. The van der Waals surface area contributed by atoms with Crippen LogP contribution in [0, 0.1) is 6.92 Å². The summed E-state index contributed by atoms with van der Waals surface area (Å²) in [6.07, 6.45) is 3.84. The minimum absolute atomic E-state index is 0.438. The number of pyridine rings is 1. The topological polar surface area (TPSA) is 40.7 Å². The Morgan fingerprint density at radius 3 is 2.62 bits per heavy atom. The van der Waals surface area contributed by atoms with Crippen LogP contribution < -0.4 is 5.32 Å². The molecule has 0 saturated heterocycles. The van der Waals surface area contributed by atoms with E-state index in [2.05, 4.69) is 42.1 Å². The third kappa shape index (κ3) is 2.75. The van der Waals surface area contributed by atoms with Crippen LogP contribution in [0.4, 0.5) is 5.69 Å². The molecule has 16 heavy (non-hydrogen) atoms. The molecule has 0 spiro atoms. The highest BCUT2D eigenvalue weighted by molar-refractivity contribution is 5.82. The van der Waals surface area contributed by atoms with Crippen LogP contribution in [0.15, 0.2) is 18.5 Å². The molecule has 2 rings (SSSR count). The number of hydrogen-bond donors (Lipinski definition) is 2. The number of anilines is 1. The molecule has 2 heterocycles. The molecular formula is C13H21N3. The number of H-pyrrole nitrogens is 1. The van der Waals surface area contributed by atoms with Gasteiger partial charge in [-0.05, 0) is 32.4 Å². The van der Waals surface area contributed by atoms with Crippen LogP contribution in [0.3, 0.4) is 0 Å². The smallest absolute Gasteiger partial charge is 0.137 e. The van der Waals surface area contributed by atoms with Crippen molar-refractivity contribution in [1.82, 2.24) is 9.97 Å². The number of aromatic amines is 1. The highest BCUT2D eigenvalue weighted by Gasteiger charge is 2.02. The molecule has 0 bridgehead atoms. The molecule has 2 aromatic rings. The molecule has 0 atom stereocenters.